The summed E-state index contributed by atoms with van der Waals surface area (Å²) in [6, 6.07) is 37.0. The summed E-state index contributed by atoms with van der Waals surface area (Å²) in [4.78, 5) is 13.0. The molecular weight excluding hydrogens is 476 g/mol. The van der Waals surface area contributed by atoms with E-state index >= 15 is 0 Å². The van der Waals surface area contributed by atoms with Crippen molar-refractivity contribution in [1.29, 1.82) is 0 Å². The van der Waals surface area contributed by atoms with Gasteiger partial charge in [0.25, 0.3) is 0 Å². The van der Waals surface area contributed by atoms with Crippen LogP contribution in [0.2, 0.25) is 0 Å². The molecule has 0 saturated carbocycles. The normalized spacial score (nSPS) is 13.4. The van der Waals surface area contributed by atoms with Gasteiger partial charge in [0.2, 0.25) is 0 Å². The lowest BCUT2D eigenvalue weighted by molar-refractivity contribution is 0.0251. The van der Waals surface area contributed by atoms with Crippen LogP contribution < -0.4 is 20.9 Å². The highest BCUT2D eigenvalue weighted by Crippen LogP contribution is 2.47. The molecule has 0 aliphatic carbocycles. The summed E-state index contributed by atoms with van der Waals surface area (Å²) < 4.78 is 18.1. The maximum atomic E-state index is 13.0. The van der Waals surface area contributed by atoms with E-state index in [2.05, 4.69) is 0 Å². The van der Waals surface area contributed by atoms with Crippen molar-refractivity contribution in [3.8, 4) is 23.0 Å². The minimum absolute atomic E-state index is 0.374. The molecule has 6 rings (SSSR count). The van der Waals surface area contributed by atoms with Crippen molar-refractivity contribution in [3.05, 3.63) is 144 Å². The van der Waals surface area contributed by atoms with Gasteiger partial charge < -0.3 is 25.7 Å². The van der Waals surface area contributed by atoms with Gasteiger partial charge in [0, 0.05) is 40.2 Å². The highest BCUT2D eigenvalue weighted by Gasteiger charge is 2.48. The number of esters is 1. The van der Waals surface area contributed by atoms with Crippen LogP contribution in [0.15, 0.2) is 121 Å². The summed E-state index contributed by atoms with van der Waals surface area (Å²) in [6.45, 7) is 0. The van der Waals surface area contributed by atoms with Crippen molar-refractivity contribution in [1.82, 2.24) is 0 Å². The van der Waals surface area contributed by atoms with Gasteiger partial charge in [0.15, 0.2) is 5.60 Å². The molecule has 38 heavy (non-hydrogen) atoms. The molecule has 6 nitrogen and oxygen atoms in total. The summed E-state index contributed by atoms with van der Waals surface area (Å²) in [5.74, 6) is 2.18. The quantitative estimate of drug-likeness (QED) is 0.194. The average Bonchev–Trinajstić information content (AvgIpc) is 3.23. The highest BCUT2D eigenvalue weighted by atomic mass is 16.6. The van der Waals surface area contributed by atoms with E-state index in [1.165, 1.54) is 0 Å². The Balaban J connectivity index is 1.38. The maximum absolute atomic E-state index is 13.0. The minimum Gasteiger partial charge on any atom is -0.457 e. The van der Waals surface area contributed by atoms with Crippen molar-refractivity contribution in [2.75, 3.05) is 11.5 Å². The van der Waals surface area contributed by atoms with Crippen LogP contribution in [0, 0.1) is 0 Å². The molecule has 1 aliphatic rings. The molecule has 186 valence electrons. The predicted octanol–water partition coefficient (Wildman–Crippen LogP) is 6.90. The summed E-state index contributed by atoms with van der Waals surface area (Å²) in [6.07, 6.45) is 0. The second-order valence-corrected chi connectivity index (χ2v) is 9.01. The highest BCUT2D eigenvalue weighted by molar-refractivity contribution is 5.96. The van der Waals surface area contributed by atoms with Gasteiger partial charge in [-0.05, 0) is 54.6 Å². The number of nitrogens with two attached hydrogens (primary N) is 2. The Bertz CT molecular complexity index is 1540. The van der Waals surface area contributed by atoms with Crippen LogP contribution in [0.25, 0.3) is 0 Å². The Morgan fingerprint density at radius 2 is 1.05 bits per heavy atom. The van der Waals surface area contributed by atoms with E-state index in [9.17, 15) is 4.79 Å². The van der Waals surface area contributed by atoms with E-state index in [0.717, 1.165) is 16.7 Å². The molecule has 0 aromatic heterocycles. The molecular formula is C32H24N2O4. The molecule has 0 fully saturated rings. The second-order valence-electron chi connectivity index (χ2n) is 9.01. The number of rotatable bonds is 6. The maximum Gasteiger partial charge on any atom is 0.340 e. The molecule has 1 heterocycles. The van der Waals surface area contributed by atoms with E-state index in [0.29, 0.717) is 39.9 Å². The molecule has 4 N–H and O–H groups in total. The number of benzene rings is 5. The Kier molecular flexibility index (Phi) is 5.69. The van der Waals surface area contributed by atoms with Gasteiger partial charge in [-0.2, -0.15) is 0 Å². The van der Waals surface area contributed by atoms with Crippen molar-refractivity contribution in [3.63, 3.8) is 0 Å². The number of anilines is 2. The Hall–Kier alpha value is -5.23. The van der Waals surface area contributed by atoms with E-state index in [1.807, 2.05) is 91.0 Å². The van der Waals surface area contributed by atoms with Crippen LogP contribution in [0.3, 0.4) is 0 Å². The summed E-state index contributed by atoms with van der Waals surface area (Å²) >= 11 is 0. The van der Waals surface area contributed by atoms with Gasteiger partial charge in [0.05, 0.1) is 5.56 Å². The summed E-state index contributed by atoms with van der Waals surface area (Å²) in [5.41, 5.74) is 14.8. The zero-order valence-corrected chi connectivity index (χ0v) is 20.3. The van der Waals surface area contributed by atoms with Gasteiger partial charge in [-0.25, -0.2) is 4.79 Å². The topological polar surface area (TPSA) is 96.8 Å². The molecule has 0 spiro atoms. The predicted molar refractivity (Wildman–Crippen MR) is 146 cm³/mol. The first kappa shape index (κ1) is 23.2. The zero-order valence-electron chi connectivity index (χ0n) is 20.3. The lowest BCUT2D eigenvalue weighted by Crippen LogP contribution is -2.29. The van der Waals surface area contributed by atoms with Gasteiger partial charge in [-0.1, -0.05) is 54.6 Å². The van der Waals surface area contributed by atoms with Crippen molar-refractivity contribution in [2.45, 2.75) is 5.60 Å². The third-order valence-electron chi connectivity index (χ3n) is 6.48. The van der Waals surface area contributed by atoms with Gasteiger partial charge in [-0.3, -0.25) is 0 Å². The summed E-state index contributed by atoms with van der Waals surface area (Å²) in [5, 5.41) is 0. The zero-order chi connectivity index (χ0) is 26.1. The Morgan fingerprint density at radius 1 is 0.553 bits per heavy atom. The van der Waals surface area contributed by atoms with Crippen LogP contribution in [0.4, 0.5) is 11.4 Å². The lowest BCUT2D eigenvalue weighted by atomic mass is 9.80. The third kappa shape index (κ3) is 4.18. The number of hydrogen-bond acceptors (Lipinski definition) is 6. The molecule has 0 unspecified atom stereocenters. The lowest BCUT2D eigenvalue weighted by Gasteiger charge is -2.30. The van der Waals surface area contributed by atoms with Gasteiger partial charge in [-0.15, -0.1) is 0 Å². The molecule has 0 radical (unpaired) electrons. The molecule has 0 atom stereocenters. The van der Waals surface area contributed by atoms with Gasteiger partial charge >= 0.3 is 5.97 Å². The first-order valence-electron chi connectivity index (χ1n) is 12.1. The largest absolute Gasteiger partial charge is 0.457 e. The fraction of sp³-hybridized carbons (Fsp3) is 0.0312. The average molecular weight is 501 g/mol. The van der Waals surface area contributed by atoms with E-state index in [4.69, 9.17) is 25.7 Å². The second kappa shape index (κ2) is 9.33. The Morgan fingerprint density at radius 3 is 1.55 bits per heavy atom. The third-order valence-corrected chi connectivity index (χ3v) is 6.48. The minimum atomic E-state index is -1.13. The molecule has 0 saturated heterocycles. The molecule has 0 bridgehead atoms. The fourth-order valence-corrected chi connectivity index (χ4v) is 4.76. The van der Waals surface area contributed by atoms with E-state index < -0.39 is 5.60 Å². The van der Waals surface area contributed by atoms with Crippen molar-refractivity contribution < 1.29 is 19.0 Å². The van der Waals surface area contributed by atoms with Crippen molar-refractivity contribution >= 4 is 17.3 Å². The van der Waals surface area contributed by atoms with Gasteiger partial charge in [0.1, 0.15) is 23.0 Å². The number of carbonyl (C=O) groups excluding carboxylic acids is 1. The van der Waals surface area contributed by atoms with Crippen LogP contribution in [0.5, 0.6) is 23.0 Å². The summed E-state index contributed by atoms with van der Waals surface area (Å²) in [7, 11) is 0. The number of carbonyl (C=O) groups is 1. The molecule has 6 heteroatoms. The van der Waals surface area contributed by atoms with E-state index in [1.54, 1.807) is 30.3 Å². The first-order valence-corrected chi connectivity index (χ1v) is 12.1. The molecule has 0 amide bonds. The number of fused-ring (bicyclic) bond motifs is 1. The Labute approximate surface area is 220 Å². The number of hydrogen-bond donors (Lipinski definition) is 2. The standard InChI is InChI=1S/C32H24N2O4/c33-23-5-3-7-27(19-23)36-25-15-11-21(12-16-25)32(30-10-2-1-9-29(30)31(35)38-32)22-13-17-26(18-14-22)37-28-8-4-6-24(34)20-28/h1-20H,33-34H2. The first-order chi connectivity index (χ1) is 18.5. The van der Waals surface area contributed by atoms with E-state index in [-0.39, 0.29) is 5.97 Å². The van der Waals surface area contributed by atoms with Crippen molar-refractivity contribution in [2.24, 2.45) is 0 Å². The van der Waals surface area contributed by atoms with Crippen LogP contribution in [0.1, 0.15) is 27.0 Å². The fourth-order valence-electron chi connectivity index (χ4n) is 4.76. The van der Waals surface area contributed by atoms with Crippen LogP contribution >= 0.6 is 0 Å². The number of ether oxygens (including phenoxy) is 3. The molecule has 1 aliphatic heterocycles. The number of nitrogen functional groups attached to an aromatic ring is 2. The smallest absolute Gasteiger partial charge is 0.340 e. The SMILES string of the molecule is Nc1cccc(Oc2ccc(C3(c4ccc(Oc5cccc(N)c5)cc4)OC(=O)c4ccccc43)cc2)c1. The van der Waals surface area contributed by atoms with Crippen LogP contribution in [-0.2, 0) is 10.3 Å². The van der Waals surface area contributed by atoms with Crippen LogP contribution in [-0.4, -0.2) is 5.97 Å². The molecule has 5 aromatic rings. The monoisotopic (exact) mass is 500 g/mol. The molecule has 5 aromatic carbocycles. The number of cyclic esters (lactones) is 1.